The fourth-order valence-electron chi connectivity index (χ4n) is 6.94. The quantitative estimate of drug-likeness (QED) is 0.173. The van der Waals surface area contributed by atoms with Gasteiger partial charge in [0.2, 0.25) is 0 Å². The molecule has 0 fully saturated rings. The molecule has 1 heterocycles. The summed E-state index contributed by atoms with van der Waals surface area (Å²) >= 11 is 0. The minimum Gasteiger partial charge on any atom is -0.455 e. The summed E-state index contributed by atoms with van der Waals surface area (Å²) in [5, 5.41) is 2.24. The maximum atomic E-state index is 6.52. The van der Waals surface area contributed by atoms with Gasteiger partial charge in [-0.3, -0.25) is 0 Å². The number of nitrogens with zero attached hydrogens (tertiary/aromatic N) is 1. The first kappa shape index (κ1) is 29.5. The van der Waals surface area contributed by atoms with Gasteiger partial charge in [-0.05, 0) is 93.5 Å². The number of hydrogen-bond acceptors (Lipinski definition) is 2. The molecule has 2 nitrogen and oxygen atoms in total. The van der Waals surface area contributed by atoms with E-state index in [0.29, 0.717) is 0 Å². The van der Waals surface area contributed by atoms with Gasteiger partial charge in [-0.2, -0.15) is 0 Å². The number of para-hydroxylation sites is 2. The fourth-order valence-corrected chi connectivity index (χ4v) is 6.94. The highest BCUT2D eigenvalue weighted by molar-refractivity contribution is 6.11. The van der Waals surface area contributed by atoms with Crippen LogP contribution < -0.4 is 4.90 Å². The summed E-state index contributed by atoms with van der Waals surface area (Å²) in [6.45, 7) is 0. The molecule has 0 aliphatic heterocycles. The van der Waals surface area contributed by atoms with Gasteiger partial charge < -0.3 is 9.32 Å². The molecular weight excluding hydrogens is 607 g/mol. The Balaban J connectivity index is 1.12. The molecule has 0 saturated carbocycles. The minimum absolute atomic E-state index is 0.897. The maximum absolute atomic E-state index is 6.52. The monoisotopic (exact) mass is 639 g/mol. The van der Waals surface area contributed by atoms with Gasteiger partial charge in [0, 0.05) is 33.4 Å². The normalized spacial score (nSPS) is 11.2. The van der Waals surface area contributed by atoms with Crippen molar-refractivity contribution in [2.75, 3.05) is 4.90 Å². The van der Waals surface area contributed by atoms with E-state index in [-0.39, 0.29) is 0 Å². The average Bonchev–Trinajstić information content (AvgIpc) is 3.58. The molecular formula is C48H33NO. The third-order valence-electron chi connectivity index (χ3n) is 9.49. The van der Waals surface area contributed by atoms with E-state index in [0.717, 1.165) is 61.3 Å². The largest absolute Gasteiger partial charge is 0.455 e. The number of fused-ring (bicyclic) bond motifs is 3. The third kappa shape index (κ3) is 5.53. The molecule has 0 bridgehead atoms. The molecule has 2 heteroatoms. The van der Waals surface area contributed by atoms with E-state index in [1.165, 1.54) is 22.3 Å². The summed E-state index contributed by atoms with van der Waals surface area (Å²) in [7, 11) is 0. The lowest BCUT2D eigenvalue weighted by molar-refractivity contribution is 0.670. The Bertz CT molecular complexity index is 2530. The van der Waals surface area contributed by atoms with Crippen LogP contribution in [0, 0.1) is 0 Å². The molecule has 236 valence electrons. The van der Waals surface area contributed by atoms with Crippen molar-refractivity contribution < 1.29 is 4.42 Å². The Morgan fingerprint density at radius 1 is 0.300 bits per heavy atom. The fraction of sp³-hybridized carbons (Fsp3) is 0. The minimum atomic E-state index is 0.897. The van der Waals surface area contributed by atoms with Crippen molar-refractivity contribution in [2.24, 2.45) is 0 Å². The molecule has 50 heavy (non-hydrogen) atoms. The van der Waals surface area contributed by atoms with E-state index in [1.807, 2.05) is 6.07 Å². The highest BCUT2D eigenvalue weighted by Crippen LogP contribution is 2.41. The first-order valence-corrected chi connectivity index (χ1v) is 17.0. The van der Waals surface area contributed by atoms with Crippen molar-refractivity contribution in [3.63, 3.8) is 0 Å². The predicted octanol–water partition coefficient (Wildman–Crippen LogP) is 13.7. The summed E-state index contributed by atoms with van der Waals surface area (Å²) in [5.41, 5.74) is 14.4. The molecule has 9 rings (SSSR count). The summed E-state index contributed by atoms with van der Waals surface area (Å²) in [4.78, 5) is 2.31. The van der Waals surface area contributed by atoms with Crippen LogP contribution in [0.4, 0.5) is 17.1 Å². The van der Waals surface area contributed by atoms with Crippen LogP contribution in [0.3, 0.4) is 0 Å². The van der Waals surface area contributed by atoms with Crippen LogP contribution in [0.15, 0.2) is 205 Å². The lowest BCUT2D eigenvalue weighted by Gasteiger charge is -2.26. The highest BCUT2D eigenvalue weighted by atomic mass is 16.3. The van der Waals surface area contributed by atoms with E-state index >= 15 is 0 Å². The Morgan fingerprint density at radius 2 is 0.720 bits per heavy atom. The van der Waals surface area contributed by atoms with Gasteiger partial charge in [0.15, 0.2) is 0 Å². The Labute approximate surface area is 292 Å². The summed E-state index contributed by atoms with van der Waals surface area (Å²) in [5.74, 6) is 0. The van der Waals surface area contributed by atoms with Crippen LogP contribution in [0.1, 0.15) is 0 Å². The molecule has 0 spiro atoms. The lowest BCUT2D eigenvalue weighted by Crippen LogP contribution is -2.09. The van der Waals surface area contributed by atoms with Crippen molar-refractivity contribution >= 4 is 39.0 Å². The Kier molecular flexibility index (Phi) is 7.53. The van der Waals surface area contributed by atoms with Gasteiger partial charge >= 0.3 is 0 Å². The zero-order valence-corrected chi connectivity index (χ0v) is 27.4. The van der Waals surface area contributed by atoms with Crippen LogP contribution in [0.2, 0.25) is 0 Å². The van der Waals surface area contributed by atoms with E-state index in [9.17, 15) is 0 Å². The van der Waals surface area contributed by atoms with Gasteiger partial charge in [-0.15, -0.1) is 0 Å². The lowest BCUT2D eigenvalue weighted by atomic mass is 9.94. The Hall–Kier alpha value is -6.64. The second-order valence-electron chi connectivity index (χ2n) is 12.6. The SMILES string of the molecule is c1ccc(-c2ccc(-c3cc(-c4ccc(N(c5ccccc5)c5ccc(-c6ccccc6)cc5)cc4)cc4c3oc3ccccc34)cc2)cc1. The molecule has 8 aromatic carbocycles. The van der Waals surface area contributed by atoms with Crippen molar-refractivity contribution in [3.8, 4) is 44.5 Å². The first-order chi connectivity index (χ1) is 24.8. The van der Waals surface area contributed by atoms with Gasteiger partial charge in [0.25, 0.3) is 0 Å². The molecule has 0 aliphatic carbocycles. The van der Waals surface area contributed by atoms with Gasteiger partial charge in [-0.25, -0.2) is 0 Å². The topological polar surface area (TPSA) is 16.4 Å². The Morgan fingerprint density at radius 3 is 1.30 bits per heavy atom. The van der Waals surface area contributed by atoms with Crippen molar-refractivity contribution in [3.05, 3.63) is 200 Å². The highest BCUT2D eigenvalue weighted by Gasteiger charge is 2.17. The van der Waals surface area contributed by atoms with E-state index in [4.69, 9.17) is 4.42 Å². The molecule has 0 radical (unpaired) electrons. The maximum Gasteiger partial charge on any atom is 0.143 e. The molecule has 1 aromatic heterocycles. The summed E-state index contributed by atoms with van der Waals surface area (Å²) in [6.07, 6.45) is 0. The van der Waals surface area contributed by atoms with E-state index < -0.39 is 0 Å². The number of furan rings is 1. The van der Waals surface area contributed by atoms with Gasteiger partial charge in [-0.1, -0.05) is 146 Å². The molecule has 0 atom stereocenters. The van der Waals surface area contributed by atoms with Gasteiger partial charge in [0.05, 0.1) is 0 Å². The zero-order chi connectivity index (χ0) is 33.3. The summed E-state index contributed by atoms with van der Waals surface area (Å²) in [6, 6.07) is 71.0. The van der Waals surface area contributed by atoms with Crippen LogP contribution in [-0.4, -0.2) is 0 Å². The van der Waals surface area contributed by atoms with Crippen molar-refractivity contribution in [1.82, 2.24) is 0 Å². The summed E-state index contributed by atoms with van der Waals surface area (Å²) < 4.78 is 6.52. The average molecular weight is 640 g/mol. The first-order valence-electron chi connectivity index (χ1n) is 17.0. The van der Waals surface area contributed by atoms with Crippen LogP contribution in [-0.2, 0) is 0 Å². The molecule has 0 saturated heterocycles. The zero-order valence-electron chi connectivity index (χ0n) is 27.4. The van der Waals surface area contributed by atoms with E-state index in [1.54, 1.807) is 0 Å². The number of benzene rings is 8. The van der Waals surface area contributed by atoms with Crippen LogP contribution in [0.25, 0.3) is 66.4 Å². The smallest absolute Gasteiger partial charge is 0.143 e. The van der Waals surface area contributed by atoms with Crippen LogP contribution in [0.5, 0.6) is 0 Å². The number of rotatable bonds is 7. The molecule has 0 amide bonds. The van der Waals surface area contributed by atoms with Crippen LogP contribution >= 0.6 is 0 Å². The molecule has 9 aromatic rings. The number of hydrogen-bond donors (Lipinski definition) is 0. The number of anilines is 3. The second kappa shape index (κ2) is 12.8. The molecule has 0 N–H and O–H groups in total. The van der Waals surface area contributed by atoms with Crippen molar-refractivity contribution in [2.45, 2.75) is 0 Å². The second-order valence-corrected chi connectivity index (χ2v) is 12.6. The standard InChI is InChI=1S/C48H33NO/c1-4-12-34(13-5-1)36-20-22-39(23-21-36)45-32-40(33-46-44-18-10-11-19-47(44)50-48(45)46)38-26-30-43(31-27-38)49(41-16-8-3-9-17-41)42-28-24-37(25-29-42)35-14-6-2-7-15-35/h1-33H. The van der Waals surface area contributed by atoms with Crippen molar-refractivity contribution in [1.29, 1.82) is 0 Å². The molecule has 0 aliphatic rings. The van der Waals surface area contributed by atoms with E-state index in [2.05, 4.69) is 199 Å². The molecule has 0 unspecified atom stereocenters. The van der Waals surface area contributed by atoms with Gasteiger partial charge in [0.1, 0.15) is 11.2 Å². The predicted molar refractivity (Wildman–Crippen MR) is 210 cm³/mol. The third-order valence-corrected chi connectivity index (χ3v) is 9.49.